The molecule has 2 N–H and O–H groups in total. The van der Waals surface area contributed by atoms with Crippen LogP contribution in [0, 0.1) is 0 Å². The lowest BCUT2D eigenvalue weighted by molar-refractivity contribution is 0.404. The topological polar surface area (TPSA) is 40.5 Å². The minimum absolute atomic E-state index is 0.109. The fourth-order valence-electron chi connectivity index (χ4n) is 3.58. The molecule has 5 aromatic rings. The van der Waals surface area contributed by atoms with Crippen LogP contribution in [-0.2, 0) is 0 Å². The second-order valence-electron chi connectivity index (χ2n) is 6.24. The van der Waals surface area contributed by atoms with Crippen molar-refractivity contribution in [2.24, 2.45) is 0 Å². The summed E-state index contributed by atoms with van der Waals surface area (Å²) < 4.78 is 3.51. The van der Waals surface area contributed by atoms with Crippen LogP contribution in [0.25, 0.3) is 42.1 Å². The van der Waals surface area contributed by atoms with Gasteiger partial charge in [-0.15, -0.1) is 11.3 Å². The molecule has 0 saturated heterocycles. The number of hydrogen-bond donors (Lipinski definition) is 2. The first-order chi connectivity index (χ1) is 12.6. The summed E-state index contributed by atoms with van der Waals surface area (Å²) in [4.78, 5) is 0. The van der Waals surface area contributed by atoms with Crippen molar-refractivity contribution in [1.29, 1.82) is 0 Å². The average Bonchev–Trinajstić information content (AvgIpc) is 3.05. The first kappa shape index (κ1) is 15.7. The molecule has 0 unspecified atom stereocenters. The second-order valence-corrected chi connectivity index (χ2v) is 8.09. The summed E-state index contributed by atoms with van der Waals surface area (Å²) in [6.07, 6.45) is 0. The van der Waals surface area contributed by atoms with Crippen LogP contribution in [0.2, 0.25) is 0 Å². The maximum atomic E-state index is 10.1. The number of rotatable bonds is 1. The van der Waals surface area contributed by atoms with Gasteiger partial charge in [-0.25, -0.2) is 0 Å². The van der Waals surface area contributed by atoms with Gasteiger partial charge < -0.3 is 10.2 Å². The molecule has 0 bridgehead atoms. The maximum Gasteiger partial charge on any atom is 0.158 e. The minimum Gasteiger partial charge on any atom is -0.504 e. The van der Waals surface area contributed by atoms with Gasteiger partial charge in [0.2, 0.25) is 0 Å². The van der Waals surface area contributed by atoms with E-state index in [2.05, 4.69) is 52.3 Å². The molecule has 2 nitrogen and oxygen atoms in total. The van der Waals surface area contributed by atoms with E-state index in [1.807, 2.05) is 18.2 Å². The number of halogens is 1. The molecule has 0 aliphatic rings. The highest BCUT2D eigenvalue weighted by Gasteiger charge is 2.19. The Morgan fingerprint density at radius 1 is 0.731 bits per heavy atom. The lowest BCUT2D eigenvalue weighted by atomic mass is 9.93. The Kier molecular flexibility index (Phi) is 3.45. The predicted molar refractivity (Wildman–Crippen MR) is 113 cm³/mol. The van der Waals surface area contributed by atoms with Gasteiger partial charge in [0.05, 0.1) is 4.70 Å². The van der Waals surface area contributed by atoms with Crippen LogP contribution in [-0.4, -0.2) is 10.2 Å². The van der Waals surface area contributed by atoms with Crippen molar-refractivity contribution in [3.05, 3.63) is 71.2 Å². The predicted octanol–water partition coefficient (Wildman–Crippen LogP) is 7.05. The molecule has 0 saturated carbocycles. The zero-order chi connectivity index (χ0) is 17.8. The Morgan fingerprint density at radius 2 is 1.42 bits per heavy atom. The molecule has 0 radical (unpaired) electrons. The number of thiophene rings is 1. The Labute approximate surface area is 162 Å². The molecule has 4 heteroatoms. The first-order valence-electron chi connectivity index (χ1n) is 8.19. The van der Waals surface area contributed by atoms with E-state index < -0.39 is 0 Å². The van der Waals surface area contributed by atoms with Gasteiger partial charge in [-0.05, 0) is 56.0 Å². The van der Waals surface area contributed by atoms with Gasteiger partial charge >= 0.3 is 0 Å². The fraction of sp³-hybridized carbons (Fsp3) is 0. The lowest BCUT2D eigenvalue weighted by Gasteiger charge is -2.13. The summed E-state index contributed by atoms with van der Waals surface area (Å²) in [6, 6.07) is 21.7. The Hall–Kier alpha value is -2.56. The standard InChI is InChI=1S/C22H13BrO2S/c23-21-14-6-2-1-5-13(14)19(12-9-10-16(24)17(25)11-12)20-15-7-3-4-8-18(15)26-22(20)21/h1-11,24-25H. The lowest BCUT2D eigenvalue weighted by Crippen LogP contribution is -1.85. The van der Waals surface area contributed by atoms with Crippen LogP contribution in [0.1, 0.15) is 0 Å². The molecular weight excluding hydrogens is 408 g/mol. The summed E-state index contributed by atoms with van der Waals surface area (Å²) in [5.41, 5.74) is 1.96. The molecule has 1 heterocycles. The smallest absolute Gasteiger partial charge is 0.158 e. The van der Waals surface area contributed by atoms with Gasteiger partial charge in [-0.2, -0.15) is 0 Å². The van der Waals surface area contributed by atoms with E-state index in [0.29, 0.717) is 0 Å². The number of aromatic hydroxyl groups is 2. The van der Waals surface area contributed by atoms with Gasteiger partial charge in [-0.3, -0.25) is 0 Å². The molecule has 0 aliphatic heterocycles. The highest BCUT2D eigenvalue weighted by molar-refractivity contribution is 9.11. The summed E-state index contributed by atoms with van der Waals surface area (Å²) >= 11 is 5.57. The van der Waals surface area contributed by atoms with Gasteiger partial charge in [0.15, 0.2) is 11.5 Å². The van der Waals surface area contributed by atoms with Crippen LogP contribution >= 0.6 is 27.3 Å². The van der Waals surface area contributed by atoms with Gasteiger partial charge in [0, 0.05) is 19.9 Å². The zero-order valence-corrected chi connectivity index (χ0v) is 15.9. The summed E-state index contributed by atoms with van der Waals surface area (Å²) in [6.45, 7) is 0. The van der Waals surface area contributed by atoms with Gasteiger partial charge in [0.25, 0.3) is 0 Å². The van der Waals surface area contributed by atoms with Crippen LogP contribution in [0.4, 0.5) is 0 Å². The second kappa shape index (κ2) is 5.73. The Balaban J connectivity index is 2.07. The van der Waals surface area contributed by atoms with Crippen molar-refractivity contribution >= 4 is 58.2 Å². The molecule has 0 amide bonds. The van der Waals surface area contributed by atoms with Crippen molar-refractivity contribution in [2.75, 3.05) is 0 Å². The van der Waals surface area contributed by atoms with E-state index in [1.165, 1.54) is 20.2 Å². The van der Waals surface area contributed by atoms with E-state index in [9.17, 15) is 10.2 Å². The van der Waals surface area contributed by atoms with Crippen LogP contribution in [0.3, 0.4) is 0 Å². The maximum absolute atomic E-state index is 10.1. The molecule has 0 spiro atoms. The summed E-state index contributed by atoms with van der Waals surface area (Å²) in [5.74, 6) is -0.219. The molecule has 0 aliphatic carbocycles. The highest BCUT2D eigenvalue weighted by Crippen LogP contribution is 2.48. The summed E-state index contributed by atoms with van der Waals surface area (Å²) in [7, 11) is 0. The molecule has 1 aromatic heterocycles. The number of hydrogen-bond acceptors (Lipinski definition) is 3. The van der Waals surface area contributed by atoms with Gasteiger partial charge in [0.1, 0.15) is 0 Å². The number of phenolic OH excluding ortho intramolecular Hbond substituents is 2. The van der Waals surface area contributed by atoms with Crippen molar-refractivity contribution in [1.82, 2.24) is 0 Å². The van der Waals surface area contributed by atoms with Crippen LogP contribution < -0.4 is 0 Å². The minimum atomic E-state index is -0.110. The number of fused-ring (bicyclic) bond motifs is 4. The Morgan fingerprint density at radius 3 is 2.19 bits per heavy atom. The van der Waals surface area contributed by atoms with Crippen LogP contribution in [0.15, 0.2) is 71.2 Å². The Bertz CT molecular complexity index is 1320. The molecule has 0 atom stereocenters. The average molecular weight is 421 g/mol. The molecular formula is C22H13BrO2S. The molecule has 126 valence electrons. The van der Waals surface area contributed by atoms with Crippen molar-refractivity contribution in [2.45, 2.75) is 0 Å². The normalized spacial score (nSPS) is 11.6. The van der Waals surface area contributed by atoms with E-state index in [1.54, 1.807) is 23.5 Å². The van der Waals surface area contributed by atoms with Crippen LogP contribution in [0.5, 0.6) is 11.5 Å². The number of benzene rings is 4. The largest absolute Gasteiger partial charge is 0.504 e. The third-order valence-corrected chi connectivity index (χ3v) is 7.02. The van der Waals surface area contributed by atoms with E-state index >= 15 is 0 Å². The molecule has 4 aromatic carbocycles. The molecule has 0 fully saturated rings. The first-order valence-corrected chi connectivity index (χ1v) is 9.80. The number of phenols is 2. The van der Waals surface area contributed by atoms with E-state index in [0.717, 1.165) is 26.4 Å². The summed E-state index contributed by atoms with van der Waals surface area (Å²) in [5, 5.41) is 24.4. The third kappa shape index (κ3) is 2.16. The van der Waals surface area contributed by atoms with Crippen molar-refractivity contribution in [3.63, 3.8) is 0 Å². The van der Waals surface area contributed by atoms with E-state index in [-0.39, 0.29) is 11.5 Å². The molecule has 26 heavy (non-hydrogen) atoms. The van der Waals surface area contributed by atoms with Crippen molar-refractivity contribution in [3.8, 4) is 22.6 Å². The third-order valence-electron chi connectivity index (χ3n) is 4.74. The van der Waals surface area contributed by atoms with Crippen molar-refractivity contribution < 1.29 is 10.2 Å². The molecule has 5 rings (SSSR count). The SMILES string of the molecule is Oc1ccc(-c2c3ccccc3c(Br)c3sc4ccccc4c23)cc1O. The van der Waals surface area contributed by atoms with E-state index in [4.69, 9.17) is 0 Å². The quantitative estimate of drug-likeness (QED) is 0.285. The highest BCUT2D eigenvalue weighted by atomic mass is 79.9. The van der Waals surface area contributed by atoms with Gasteiger partial charge in [-0.1, -0.05) is 48.5 Å². The monoisotopic (exact) mass is 420 g/mol. The zero-order valence-electron chi connectivity index (χ0n) is 13.5. The fourth-order valence-corrected chi connectivity index (χ4v) is 5.52.